The van der Waals surface area contributed by atoms with E-state index in [1.807, 2.05) is 6.92 Å². The van der Waals surface area contributed by atoms with Crippen LogP contribution in [0.1, 0.15) is 68.8 Å². The third kappa shape index (κ3) is 5.39. The number of rotatable bonds is 5. The lowest BCUT2D eigenvalue weighted by molar-refractivity contribution is 0.0636. The number of fused-ring (bicyclic) bond motifs is 6. The van der Waals surface area contributed by atoms with Crippen molar-refractivity contribution in [2.45, 2.75) is 70.4 Å². The molecule has 2 bridgehead atoms. The van der Waals surface area contributed by atoms with Gasteiger partial charge in [0, 0.05) is 35.3 Å². The van der Waals surface area contributed by atoms with Gasteiger partial charge < -0.3 is 19.5 Å². The van der Waals surface area contributed by atoms with E-state index in [1.165, 1.54) is 16.7 Å². The number of benzene rings is 1. The minimum Gasteiger partial charge on any atom is -0.465 e. The number of aromatic nitrogens is 3. The maximum atomic E-state index is 17.3. The van der Waals surface area contributed by atoms with Crippen LogP contribution in [-0.2, 0) is 22.7 Å². The van der Waals surface area contributed by atoms with Gasteiger partial charge in [0.05, 0.1) is 41.1 Å². The minimum absolute atomic E-state index is 0.0245. The molecule has 0 radical (unpaired) electrons. The summed E-state index contributed by atoms with van der Waals surface area (Å²) < 4.78 is 43.9. The number of ether oxygens (including phenoxy) is 2. The normalized spacial score (nSPS) is 20.3. The Labute approximate surface area is 282 Å². The predicted octanol–water partition coefficient (Wildman–Crippen LogP) is 7.65. The highest BCUT2D eigenvalue weighted by Crippen LogP contribution is 2.52. The van der Waals surface area contributed by atoms with E-state index in [1.54, 1.807) is 20.8 Å². The van der Waals surface area contributed by atoms with Gasteiger partial charge in [0.15, 0.2) is 16.8 Å². The van der Waals surface area contributed by atoms with E-state index in [0.717, 1.165) is 30.4 Å². The molecule has 48 heavy (non-hydrogen) atoms. The Morgan fingerprint density at radius 1 is 1.19 bits per heavy atom. The lowest BCUT2D eigenvalue weighted by Gasteiger charge is -2.37. The van der Waals surface area contributed by atoms with Gasteiger partial charge in [-0.05, 0) is 62.3 Å². The van der Waals surface area contributed by atoms with Crippen molar-refractivity contribution in [2.75, 3.05) is 24.2 Å². The summed E-state index contributed by atoms with van der Waals surface area (Å²) in [6.45, 7) is 7.99. The molecular weight excluding hydrogens is 663 g/mol. The van der Waals surface area contributed by atoms with Gasteiger partial charge in [0.25, 0.3) is 0 Å². The van der Waals surface area contributed by atoms with Crippen molar-refractivity contribution < 1.29 is 33.0 Å². The van der Waals surface area contributed by atoms with Crippen molar-refractivity contribution in [3.63, 3.8) is 0 Å². The van der Waals surface area contributed by atoms with E-state index < -0.39 is 29.4 Å². The first-order valence-electron chi connectivity index (χ1n) is 15.6. The van der Waals surface area contributed by atoms with E-state index in [-0.39, 0.29) is 68.4 Å². The largest absolute Gasteiger partial charge is 0.465 e. The zero-order valence-electron chi connectivity index (χ0n) is 26.6. The fourth-order valence-electron chi connectivity index (χ4n) is 7.40. The summed E-state index contributed by atoms with van der Waals surface area (Å²) in [5.41, 5.74) is 1.20. The first-order chi connectivity index (χ1) is 22.9. The number of halogens is 2. The molecule has 3 aliphatic rings. The Morgan fingerprint density at radius 3 is 2.54 bits per heavy atom. The van der Waals surface area contributed by atoms with Crippen LogP contribution in [0.15, 0.2) is 11.4 Å². The van der Waals surface area contributed by atoms with Gasteiger partial charge >= 0.3 is 12.2 Å². The second kappa shape index (κ2) is 12.1. The molecule has 2 aliphatic heterocycles. The number of amides is 2. The summed E-state index contributed by atoms with van der Waals surface area (Å²) in [6, 6.07) is 2.06. The van der Waals surface area contributed by atoms with Crippen LogP contribution in [-0.4, -0.2) is 61.6 Å². The molecule has 2 unspecified atom stereocenters. The van der Waals surface area contributed by atoms with Crippen LogP contribution in [0.5, 0.6) is 0 Å². The van der Waals surface area contributed by atoms with Crippen LogP contribution in [0.4, 0.5) is 23.4 Å². The van der Waals surface area contributed by atoms with Gasteiger partial charge in [-0.25, -0.2) is 28.3 Å². The van der Waals surface area contributed by atoms with Gasteiger partial charge in [-0.3, -0.25) is 10.3 Å². The average Bonchev–Trinajstić information content (AvgIpc) is 3.71. The van der Waals surface area contributed by atoms with Crippen molar-refractivity contribution in [1.29, 1.82) is 5.26 Å². The molecule has 1 saturated heterocycles. The van der Waals surface area contributed by atoms with Crippen molar-refractivity contribution >= 4 is 61.3 Å². The monoisotopic (exact) mass is 694 g/mol. The summed E-state index contributed by atoms with van der Waals surface area (Å²) in [5.74, 6) is -0.810. The van der Waals surface area contributed by atoms with Crippen LogP contribution >= 0.6 is 23.1 Å². The highest BCUT2D eigenvalue weighted by atomic mass is 32.2. The molecule has 15 heteroatoms. The molecule has 2 N–H and O–H groups in total. The van der Waals surface area contributed by atoms with E-state index >= 15 is 8.78 Å². The molecule has 1 aliphatic carbocycles. The quantitative estimate of drug-likeness (QED) is 0.158. The molecule has 250 valence electrons. The first kappa shape index (κ1) is 32.4. The molecular formula is C33H32F2N6O5S2. The molecule has 4 aromatic rings. The lowest BCUT2D eigenvalue weighted by atomic mass is 9.80. The maximum absolute atomic E-state index is 17.3. The Kier molecular flexibility index (Phi) is 8.16. The first-order valence-corrected chi connectivity index (χ1v) is 17.4. The minimum atomic E-state index is -0.946. The molecule has 5 heterocycles. The number of anilines is 1. The van der Waals surface area contributed by atoms with Gasteiger partial charge in [-0.2, -0.15) is 5.26 Å². The third-order valence-electron chi connectivity index (χ3n) is 9.13. The van der Waals surface area contributed by atoms with Gasteiger partial charge in [-0.1, -0.05) is 18.7 Å². The van der Waals surface area contributed by atoms with Crippen LogP contribution in [0.3, 0.4) is 0 Å². The molecule has 7 rings (SSSR count). The van der Waals surface area contributed by atoms with Gasteiger partial charge in [-0.15, -0.1) is 11.3 Å². The van der Waals surface area contributed by atoms with Crippen molar-refractivity contribution in [1.82, 2.24) is 19.9 Å². The highest BCUT2D eigenvalue weighted by molar-refractivity contribution is 7.99. The number of carbonyl (C=O) groups is 2. The Balaban J connectivity index is 1.45. The number of hydrogen-bond acceptors (Lipinski definition) is 10. The summed E-state index contributed by atoms with van der Waals surface area (Å²) in [6.07, 6.45) is 0.896. The van der Waals surface area contributed by atoms with Crippen molar-refractivity contribution in [3.05, 3.63) is 40.2 Å². The van der Waals surface area contributed by atoms with Gasteiger partial charge in [0.1, 0.15) is 22.2 Å². The smallest absolute Gasteiger partial charge is 0.412 e. The number of carbonyl (C=O) groups excluding carboxylic acids is 1. The Bertz CT molecular complexity index is 2040. The zero-order chi connectivity index (χ0) is 34.1. The summed E-state index contributed by atoms with van der Waals surface area (Å²) >= 11 is 2.22. The van der Waals surface area contributed by atoms with E-state index in [9.17, 15) is 20.0 Å². The molecule has 3 aromatic heterocycles. The second-order valence-electron chi connectivity index (χ2n) is 13.2. The molecule has 0 spiro atoms. The number of thiophene rings is 1. The third-order valence-corrected chi connectivity index (χ3v) is 11.0. The van der Waals surface area contributed by atoms with Crippen molar-refractivity contribution in [2.24, 2.45) is 11.8 Å². The lowest BCUT2D eigenvalue weighted by Crippen LogP contribution is -2.43. The van der Waals surface area contributed by atoms with E-state index in [2.05, 4.69) is 16.4 Å². The van der Waals surface area contributed by atoms with E-state index in [0.29, 0.717) is 46.2 Å². The number of piperidine rings is 1. The summed E-state index contributed by atoms with van der Waals surface area (Å²) in [4.78, 5) is 40.0. The molecule has 1 aromatic carbocycles. The topological polar surface area (TPSA) is 151 Å². The van der Waals surface area contributed by atoms with E-state index in [4.69, 9.17) is 19.4 Å². The number of nitrogens with one attached hydrogen (secondary N) is 1. The zero-order valence-corrected chi connectivity index (χ0v) is 28.3. The van der Waals surface area contributed by atoms with Gasteiger partial charge in [0.2, 0.25) is 0 Å². The number of carboxylic acid groups (broad SMARTS) is 1. The summed E-state index contributed by atoms with van der Waals surface area (Å²) in [7, 11) is 0. The number of thioether (sulfide) groups is 1. The fourth-order valence-corrected chi connectivity index (χ4v) is 9.01. The number of pyridine rings is 1. The Hall–Kier alpha value is -4.13. The number of hydrogen-bond donors (Lipinski definition) is 2. The number of nitrogens with zero attached hydrogens (tertiary/aromatic N) is 5. The molecule has 11 nitrogen and oxygen atoms in total. The molecule has 2 amide bonds. The van der Waals surface area contributed by atoms with Crippen LogP contribution < -0.4 is 5.32 Å². The standard InChI is InChI=1S/C33H32F2N6O5S2/c1-5-47-30-38-26(20-14-6-7-15(20)11-41(10-14)32(43)44)22-18-13-45-12-17(18)21(24(35)27(22)39-30)25-23-16(8-36)29(40-31(42)46-33(2,3)4)48-28(23)19(34)9-37-25/h9,14-15,20H,5-7,10-13H2,1-4H3,(H,40,42)(H,43,44). The highest BCUT2D eigenvalue weighted by Gasteiger charge is 2.46. The Morgan fingerprint density at radius 2 is 1.90 bits per heavy atom. The van der Waals surface area contributed by atoms with Crippen LogP contribution in [0.2, 0.25) is 0 Å². The SMILES string of the molecule is CCSc1nc(C2C3CCC2CN(C(=O)O)C3)c2c3c(c(-c4ncc(F)c5sc(NC(=O)OC(C)(C)C)c(C#N)c45)c(F)c2n1)COC3. The van der Waals surface area contributed by atoms with Crippen molar-refractivity contribution in [3.8, 4) is 17.3 Å². The molecule has 1 saturated carbocycles. The molecule has 2 fully saturated rings. The van der Waals surface area contributed by atoms with Crippen LogP contribution in [0.25, 0.3) is 32.2 Å². The summed E-state index contributed by atoms with van der Waals surface area (Å²) in [5, 5.41) is 23.6. The maximum Gasteiger partial charge on any atom is 0.412 e. The molecule has 2 atom stereocenters. The second-order valence-corrected chi connectivity index (χ2v) is 15.5. The average molecular weight is 695 g/mol. The number of likely N-dealkylation sites (tertiary alicyclic amines) is 1. The van der Waals surface area contributed by atoms with Crippen LogP contribution in [0, 0.1) is 34.8 Å². The number of nitriles is 1. The fraction of sp³-hybridized carbons (Fsp3) is 0.455. The predicted molar refractivity (Wildman–Crippen MR) is 176 cm³/mol.